The smallest absolute Gasteiger partial charge is 0.291 e. The summed E-state index contributed by atoms with van der Waals surface area (Å²) < 4.78 is 5.08. The maximum Gasteiger partial charge on any atom is 0.291 e. The van der Waals surface area contributed by atoms with Crippen LogP contribution in [0.3, 0.4) is 0 Å². The molecule has 0 aliphatic carbocycles. The van der Waals surface area contributed by atoms with E-state index < -0.39 is 0 Å². The Morgan fingerprint density at radius 2 is 1.70 bits per heavy atom. The minimum atomic E-state index is -0.352. The van der Waals surface area contributed by atoms with Crippen molar-refractivity contribution in [3.63, 3.8) is 0 Å². The predicted octanol–water partition coefficient (Wildman–Crippen LogP) is 3.97. The molecule has 27 heavy (non-hydrogen) atoms. The molecule has 0 radical (unpaired) electrons. The Hall–Kier alpha value is -3.45. The third-order valence-corrected chi connectivity index (χ3v) is 3.96. The summed E-state index contributed by atoms with van der Waals surface area (Å²) in [4.78, 5) is 24.3. The van der Waals surface area contributed by atoms with Gasteiger partial charge in [0, 0.05) is 16.9 Å². The molecule has 0 saturated heterocycles. The van der Waals surface area contributed by atoms with Crippen LogP contribution in [0.25, 0.3) is 0 Å². The Labute approximate surface area is 161 Å². The summed E-state index contributed by atoms with van der Waals surface area (Å²) in [6, 6.07) is 17.4. The van der Waals surface area contributed by atoms with Crippen molar-refractivity contribution in [3.8, 4) is 0 Å². The third kappa shape index (κ3) is 4.80. The van der Waals surface area contributed by atoms with Gasteiger partial charge in [-0.25, -0.2) is 0 Å². The molecule has 136 valence electrons. The van der Waals surface area contributed by atoms with Crippen LogP contribution in [-0.2, 0) is 0 Å². The van der Waals surface area contributed by atoms with E-state index in [1.165, 1.54) is 6.26 Å². The predicted molar refractivity (Wildman–Crippen MR) is 108 cm³/mol. The monoisotopic (exact) mass is 379 g/mol. The first kappa shape index (κ1) is 18.3. The molecule has 0 spiro atoms. The highest BCUT2D eigenvalue weighted by Crippen LogP contribution is 2.21. The number of nitrogens with one attached hydrogen (secondary N) is 3. The Morgan fingerprint density at radius 3 is 2.41 bits per heavy atom. The van der Waals surface area contributed by atoms with Crippen molar-refractivity contribution >= 4 is 40.5 Å². The average Bonchev–Trinajstić information content (AvgIpc) is 3.20. The van der Waals surface area contributed by atoms with E-state index in [0.717, 1.165) is 5.56 Å². The van der Waals surface area contributed by atoms with Crippen molar-refractivity contribution in [3.05, 3.63) is 83.8 Å². The molecule has 1 heterocycles. The number of anilines is 2. The van der Waals surface area contributed by atoms with Gasteiger partial charge in [-0.2, -0.15) is 0 Å². The number of hydrogen-bond acceptors (Lipinski definition) is 4. The molecule has 7 heteroatoms. The Balaban J connectivity index is 1.66. The number of hydrogen-bond donors (Lipinski definition) is 3. The first-order valence-electron chi connectivity index (χ1n) is 8.16. The summed E-state index contributed by atoms with van der Waals surface area (Å²) in [5.41, 5.74) is 2.66. The van der Waals surface area contributed by atoms with Gasteiger partial charge in [0.15, 0.2) is 10.9 Å². The normalized spacial score (nSPS) is 10.1. The molecule has 0 bridgehead atoms. The number of carbonyl (C=O) groups excluding carboxylic acids is 2. The fourth-order valence-electron chi connectivity index (χ4n) is 2.35. The standard InChI is InChI=1S/C20H17N3O3S/c1-13-9-10-15(21-19(25)17-8-5-11-26-17)12-16(13)22-20(27)23-18(24)14-6-3-2-4-7-14/h2-12H,1H3,(H,21,25)(H2,22,23,24,27). The summed E-state index contributed by atoms with van der Waals surface area (Å²) in [6.45, 7) is 1.89. The maximum atomic E-state index is 12.2. The number of amides is 2. The van der Waals surface area contributed by atoms with E-state index in [1.807, 2.05) is 19.1 Å². The van der Waals surface area contributed by atoms with Gasteiger partial charge >= 0.3 is 0 Å². The van der Waals surface area contributed by atoms with Gasteiger partial charge in [0.1, 0.15) is 0 Å². The largest absolute Gasteiger partial charge is 0.459 e. The van der Waals surface area contributed by atoms with Crippen molar-refractivity contribution in [1.29, 1.82) is 0 Å². The second kappa shape index (κ2) is 8.29. The second-order valence-corrected chi connectivity index (χ2v) is 6.14. The van der Waals surface area contributed by atoms with Crippen molar-refractivity contribution in [2.45, 2.75) is 6.92 Å². The molecule has 6 nitrogen and oxygen atoms in total. The van der Waals surface area contributed by atoms with Crippen molar-refractivity contribution in [2.24, 2.45) is 0 Å². The molecule has 0 saturated carbocycles. The Kier molecular flexibility index (Phi) is 5.63. The van der Waals surface area contributed by atoms with E-state index in [1.54, 1.807) is 48.5 Å². The number of furan rings is 1. The zero-order chi connectivity index (χ0) is 19.2. The number of aryl methyl sites for hydroxylation is 1. The highest BCUT2D eigenvalue weighted by atomic mass is 32.1. The molecule has 3 aromatic rings. The highest BCUT2D eigenvalue weighted by molar-refractivity contribution is 7.80. The van der Waals surface area contributed by atoms with Crippen LogP contribution >= 0.6 is 12.2 Å². The van der Waals surface area contributed by atoms with Gasteiger partial charge in [-0.1, -0.05) is 24.3 Å². The SMILES string of the molecule is Cc1ccc(NC(=O)c2ccco2)cc1NC(=S)NC(=O)c1ccccc1. The topological polar surface area (TPSA) is 83.4 Å². The summed E-state index contributed by atoms with van der Waals surface area (Å²) in [5, 5.41) is 8.53. The van der Waals surface area contributed by atoms with Crippen LogP contribution in [0.4, 0.5) is 11.4 Å². The fourth-order valence-corrected chi connectivity index (χ4v) is 2.56. The van der Waals surface area contributed by atoms with E-state index in [4.69, 9.17) is 16.6 Å². The van der Waals surface area contributed by atoms with Crippen molar-refractivity contribution in [2.75, 3.05) is 10.6 Å². The number of benzene rings is 2. The Morgan fingerprint density at radius 1 is 0.926 bits per heavy atom. The van der Waals surface area contributed by atoms with Crippen LogP contribution in [0.5, 0.6) is 0 Å². The zero-order valence-corrected chi connectivity index (χ0v) is 15.3. The van der Waals surface area contributed by atoms with Crippen LogP contribution in [0.15, 0.2) is 71.3 Å². The molecule has 0 aliphatic rings. The fraction of sp³-hybridized carbons (Fsp3) is 0.0500. The molecule has 0 aliphatic heterocycles. The summed E-state index contributed by atoms with van der Waals surface area (Å²) in [5.74, 6) is -0.432. The van der Waals surface area contributed by atoms with E-state index in [2.05, 4.69) is 16.0 Å². The zero-order valence-electron chi connectivity index (χ0n) is 14.5. The molecular formula is C20H17N3O3S. The third-order valence-electron chi connectivity index (χ3n) is 3.75. The van der Waals surface area contributed by atoms with Crippen molar-refractivity contribution < 1.29 is 14.0 Å². The average molecular weight is 379 g/mol. The molecule has 0 fully saturated rings. The number of thiocarbonyl (C=S) groups is 1. The minimum Gasteiger partial charge on any atom is -0.459 e. The van der Waals surface area contributed by atoms with Gasteiger partial charge in [-0.15, -0.1) is 0 Å². The molecule has 0 unspecified atom stereocenters. The molecule has 1 aromatic heterocycles. The minimum absolute atomic E-state index is 0.168. The lowest BCUT2D eigenvalue weighted by Gasteiger charge is -2.13. The highest BCUT2D eigenvalue weighted by Gasteiger charge is 2.11. The molecule has 3 rings (SSSR count). The lowest BCUT2D eigenvalue weighted by atomic mass is 10.1. The quantitative estimate of drug-likeness (QED) is 0.598. The lowest BCUT2D eigenvalue weighted by molar-refractivity contribution is 0.0975. The number of carbonyl (C=O) groups is 2. The van der Waals surface area contributed by atoms with E-state index in [-0.39, 0.29) is 22.7 Å². The van der Waals surface area contributed by atoms with Gasteiger partial charge in [0.05, 0.1) is 6.26 Å². The molecule has 0 atom stereocenters. The van der Waals surface area contributed by atoms with Crippen LogP contribution in [-0.4, -0.2) is 16.9 Å². The second-order valence-electron chi connectivity index (χ2n) is 5.74. The first-order valence-corrected chi connectivity index (χ1v) is 8.56. The number of rotatable bonds is 4. The molecular weight excluding hydrogens is 362 g/mol. The lowest BCUT2D eigenvalue weighted by Crippen LogP contribution is -2.34. The van der Waals surface area contributed by atoms with Gasteiger partial charge < -0.3 is 15.1 Å². The van der Waals surface area contributed by atoms with Gasteiger partial charge in [0.25, 0.3) is 11.8 Å². The summed E-state index contributed by atoms with van der Waals surface area (Å²) >= 11 is 5.22. The Bertz CT molecular complexity index is 969. The van der Waals surface area contributed by atoms with Crippen LogP contribution in [0.1, 0.15) is 26.5 Å². The van der Waals surface area contributed by atoms with Crippen LogP contribution in [0, 0.1) is 6.92 Å². The van der Waals surface area contributed by atoms with E-state index in [9.17, 15) is 9.59 Å². The van der Waals surface area contributed by atoms with E-state index in [0.29, 0.717) is 16.9 Å². The summed E-state index contributed by atoms with van der Waals surface area (Å²) in [7, 11) is 0. The van der Waals surface area contributed by atoms with E-state index >= 15 is 0 Å². The first-order chi connectivity index (χ1) is 13.0. The summed E-state index contributed by atoms with van der Waals surface area (Å²) in [6.07, 6.45) is 1.44. The molecule has 3 N–H and O–H groups in total. The molecule has 2 aromatic carbocycles. The van der Waals surface area contributed by atoms with Gasteiger partial charge in [-0.05, 0) is 61.1 Å². The van der Waals surface area contributed by atoms with Crippen molar-refractivity contribution in [1.82, 2.24) is 5.32 Å². The maximum absolute atomic E-state index is 12.2. The van der Waals surface area contributed by atoms with Crippen LogP contribution < -0.4 is 16.0 Å². The molecule has 2 amide bonds. The van der Waals surface area contributed by atoms with Crippen LogP contribution in [0.2, 0.25) is 0 Å². The van der Waals surface area contributed by atoms with Gasteiger partial charge in [0.2, 0.25) is 0 Å². The van der Waals surface area contributed by atoms with Gasteiger partial charge in [-0.3, -0.25) is 14.9 Å².